The van der Waals surface area contributed by atoms with Crippen LogP contribution in [0.4, 0.5) is 13.2 Å². The predicted octanol–water partition coefficient (Wildman–Crippen LogP) is 1.40. The van der Waals surface area contributed by atoms with Crippen LogP contribution in [0.15, 0.2) is 23.1 Å². The lowest BCUT2D eigenvalue weighted by Crippen LogP contribution is -2.39. The van der Waals surface area contributed by atoms with Crippen LogP contribution in [-0.4, -0.2) is 52.5 Å². The van der Waals surface area contributed by atoms with E-state index in [1.807, 2.05) is 0 Å². The molecule has 1 rings (SSSR count). The van der Waals surface area contributed by atoms with Crippen molar-refractivity contribution in [3.8, 4) is 0 Å². The fourth-order valence-corrected chi connectivity index (χ4v) is 3.04. The van der Waals surface area contributed by atoms with Gasteiger partial charge in [0.1, 0.15) is 0 Å². The molecule has 1 N–H and O–H groups in total. The van der Waals surface area contributed by atoms with Gasteiger partial charge in [-0.2, -0.15) is 17.5 Å². The second-order valence-electron chi connectivity index (χ2n) is 5.08. The summed E-state index contributed by atoms with van der Waals surface area (Å²) in [5.41, 5.74) is -1.11. The summed E-state index contributed by atoms with van der Waals surface area (Å²) in [5.74, 6) is -0.582. The van der Waals surface area contributed by atoms with Gasteiger partial charge in [0, 0.05) is 20.7 Å². The van der Waals surface area contributed by atoms with Crippen LogP contribution in [0.25, 0.3) is 0 Å². The van der Waals surface area contributed by atoms with Gasteiger partial charge in [-0.15, -0.1) is 0 Å². The van der Waals surface area contributed by atoms with Crippen molar-refractivity contribution in [3.63, 3.8) is 0 Å². The summed E-state index contributed by atoms with van der Waals surface area (Å²) < 4.78 is 68.9. The Labute approximate surface area is 138 Å². The van der Waals surface area contributed by atoms with E-state index >= 15 is 0 Å². The molecule has 0 atom stereocenters. The summed E-state index contributed by atoms with van der Waals surface area (Å²) in [6.45, 7) is 1.19. The number of methoxy groups -OCH3 is 1. The van der Waals surface area contributed by atoms with Gasteiger partial charge in [-0.1, -0.05) is 6.07 Å². The van der Waals surface area contributed by atoms with Crippen molar-refractivity contribution in [3.05, 3.63) is 29.3 Å². The van der Waals surface area contributed by atoms with Gasteiger partial charge >= 0.3 is 6.18 Å². The number of nitrogens with zero attached hydrogens (tertiary/aromatic N) is 1. The first-order valence-corrected chi connectivity index (χ1v) is 8.34. The number of alkyl halides is 3. The molecule has 10 heteroatoms. The number of benzene rings is 1. The van der Waals surface area contributed by atoms with Crippen LogP contribution >= 0.6 is 0 Å². The van der Waals surface area contributed by atoms with Crippen molar-refractivity contribution < 1.29 is 31.1 Å². The number of aryl methyl sites for hydroxylation is 1. The van der Waals surface area contributed by atoms with Crippen LogP contribution in [0, 0.1) is 6.92 Å². The molecule has 0 aliphatic carbocycles. The number of halogens is 3. The smallest absolute Gasteiger partial charge is 0.383 e. The Hall–Kier alpha value is -1.65. The SMILES string of the molecule is COCCNC(=O)CN(C)S(=O)(=O)c1ccc(C)c(C(F)(F)F)c1. The zero-order chi connectivity index (χ0) is 18.5. The Morgan fingerprint density at radius 1 is 1.33 bits per heavy atom. The molecule has 0 radical (unpaired) electrons. The monoisotopic (exact) mass is 368 g/mol. The molecule has 0 bridgehead atoms. The molecule has 0 unspecified atom stereocenters. The fourth-order valence-electron chi connectivity index (χ4n) is 1.88. The van der Waals surface area contributed by atoms with Gasteiger partial charge in [0.15, 0.2) is 0 Å². The molecule has 0 aliphatic heterocycles. The third-order valence-corrected chi connectivity index (χ3v) is 5.02. The maximum absolute atomic E-state index is 12.9. The molecule has 136 valence electrons. The minimum Gasteiger partial charge on any atom is -0.383 e. The lowest BCUT2D eigenvalue weighted by Gasteiger charge is -2.18. The Morgan fingerprint density at radius 2 is 1.96 bits per heavy atom. The fraction of sp³-hybridized carbons (Fsp3) is 0.500. The quantitative estimate of drug-likeness (QED) is 0.738. The number of sulfonamides is 1. The average Bonchev–Trinajstić information content (AvgIpc) is 2.46. The van der Waals surface area contributed by atoms with Crippen molar-refractivity contribution in [2.45, 2.75) is 18.0 Å². The van der Waals surface area contributed by atoms with Gasteiger partial charge < -0.3 is 10.1 Å². The largest absolute Gasteiger partial charge is 0.416 e. The third kappa shape index (κ3) is 5.18. The summed E-state index contributed by atoms with van der Waals surface area (Å²) in [6, 6.07) is 2.74. The molecule has 0 aliphatic rings. The van der Waals surface area contributed by atoms with E-state index in [-0.39, 0.29) is 18.7 Å². The lowest BCUT2D eigenvalue weighted by molar-refractivity contribution is -0.138. The first-order chi connectivity index (χ1) is 11.0. The molecule has 6 nitrogen and oxygen atoms in total. The van der Waals surface area contributed by atoms with Gasteiger partial charge in [-0.05, 0) is 24.6 Å². The minimum atomic E-state index is -4.66. The van der Waals surface area contributed by atoms with Gasteiger partial charge in [0.2, 0.25) is 15.9 Å². The van der Waals surface area contributed by atoms with Crippen molar-refractivity contribution in [1.29, 1.82) is 0 Å². The second-order valence-corrected chi connectivity index (χ2v) is 7.12. The van der Waals surface area contributed by atoms with E-state index < -0.39 is 39.1 Å². The highest BCUT2D eigenvalue weighted by molar-refractivity contribution is 7.89. The molecule has 0 saturated carbocycles. The molecule has 1 aromatic carbocycles. The van der Waals surface area contributed by atoms with E-state index in [1.165, 1.54) is 14.0 Å². The van der Waals surface area contributed by atoms with Gasteiger partial charge in [-0.3, -0.25) is 4.79 Å². The summed E-state index contributed by atoms with van der Waals surface area (Å²) in [7, 11) is -1.66. The van der Waals surface area contributed by atoms with Crippen LogP contribution in [0.1, 0.15) is 11.1 Å². The molecule has 0 spiro atoms. The summed E-state index contributed by atoms with van der Waals surface area (Å²) in [6.07, 6.45) is -4.66. The lowest BCUT2D eigenvalue weighted by atomic mass is 10.1. The van der Waals surface area contributed by atoms with Gasteiger partial charge in [0.25, 0.3) is 0 Å². The number of ether oxygens (including phenoxy) is 1. The van der Waals surface area contributed by atoms with E-state index in [4.69, 9.17) is 4.74 Å². The Bertz CT molecular complexity index is 690. The number of nitrogens with one attached hydrogen (secondary N) is 1. The number of carbonyl (C=O) groups is 1. The first kappa shape index (κ1) is 20.4. The average molecular weight is 368 g/mol. The number of likely N-dealkylation sites (N-methyl/N-ethyl adjacent to an activating group) is 1. The highest BCUT2D eigenvalue weighted by Crippen LogP contribution is 2.33. The summed E-state index contributed by atoms with van der Waals surface area (Å²) >= 11 is 0. The standard InChI is InChI=1S/C14H19F3N2O4S/c1-10-4-5-11(8-12(10)14(15,16)17)24(21,22)19(2)9-13(20)18-6-7-23-3/h4-5,8H,6-7,9H2,1-3H3,(H,18,20). The minimum absolute atomic E-state index is 0.0820. The molecule has 24 heavy (non-hydrogen) atoms. The van der Waals surface area contributed by atoms with Gasteiger partial charge in [-0.25, -0.2) is 8.42 Å². The molecule has 0 saturated heterocycles. The maximum atomic E-state index is 12.9. The van der Waals surface area contributed by atoms with Crippen LogP contribution in [0.5, 0.6) is 0 Å². The molecule has 0 aromatic heterocycles. The maximum Gasteiger partial charge on any atom is 0.416 e. The van der Waals surface area contributed by atoms with E-state index in [9.17, 15) is 26.4 Å². The Morgan fingerprint density at radius 3 is 2.50 bits per heavy atom. The Balaban J connectivity index is 2.97. The number of rotatable bonds is 7. The molecule has 1 aromatic rings. The van der Waals surface area contributed by atoms with Crippen molar-refractivity contribution in [2.75, 3.05) is 33.9 Å². The summed E-state index contributed by atoms with van der Waals surface area (Å²) in [4.78, 5) is 11.1. The number of amides is 1. The van der Waals surface area contributed by atoms with Crippen LogP contribution in [-0.2, 0) is 25.7 Å². The topological polar surface area (TPSA) is 75.7 Å². The molecule has 0 fully saturated rings. The van der Waals surface area contributed by atoms with Crippen molar-refractivity contribution >= 4 is 15.9 Å². The molecular formula is C14H19F3N2O4S. The highest BCUT2D eigenvalue weighted by atomic mass is 32.2. The zero-order valence-corrected chi connectivity index (χ0v) is 14.3. The number of hydrogen-bond acceptors (Lipinski definition) is 4. The second kappa shape index (κ2) is 7.95. The van der Waals surface area contributed by atoms with Crippen LogP contribution in [0.2, 0.25) is 0 Å². The predicted molar refractivity (Wildman–Crippen MR) is 80.9 cm³/mol. The van der Waals surface area contributed by atoms with Crippen LogP contribution in [0.3, 0.4) is 0 Å². The van der Waals surface area contributed by atoms with Crippen molar-refractivity contribution in [1.82, 2.24) is 9.62 Å². The first-order valence-electron chi connectivity index (χ1n) is 6.90. The normalized spacial score (nSPS) is 12.5. The van der Waals surface area contributed by atoms with Crippen molar-refractivity contribution in [2.24, 2.45) is 0 Å². The van der Waals surface area contributed by atoms with Gasteiger partial charge in [0.05, 0.1) is 23.6 Å². The third-order valence-electron chi connectivity index (χ3n) is 3.22. The molecular weight excluding hydrogens is 349 g/mol. The number of carbonyl (C=O) groups excluding carboxylic acids is 1. The van der Waals surface area contributed by atoms with E-state index in [0.29, 0.717) is 10.4 Å². The van der Waals surface area contributed by atoms with E-state index in [1.54, 1.807) is 0 Å². The number of hydrogen-bond donors (Lipinski definition) is 1. The molecule has 1 amide bonds. The zero-order valence-electron chi connectivity index (χ0n) is 13.5. The molecule has 0 heterocycles. The highest BCUT2D eigenvalue weighted by Gasteiger charge is 2.34. The summed E-state index contributed by atoms with van der Waals surface area (Å²) in [5, 5.41) is 2.43. The van der Waals surface area contributed by atoms with Crippen LogP contribution < -0.4 is 5.32 Å². The Kier molecular flexibility index (Phi) is 6.76. The van der Waals surface area contributed by atoms with E-state index in [2.05, 4.69) is 5.32 Å². The van der Waals surface area contributed by atoms with E-state index in [0.717, 1.165) is 19.2 Å².